The van der Waals surface area contributed by atoms with Crippen molar-refractivity contribution in [1.82, 2.24) is 0 Å². The summed E-state index contributed by atoms with van der Waals surface area (Å²) in [6.07, 6.45) is 19.0. The number of hydrogen-bond donors (Lipinski definition) is 0. The summed E-state index contributed by atoms with van der Waals surface area (Å²) in [6, 6.07) is 13.8. The van der Waals surface area contributed by atoms with Gasteiger partial charge in [-0.25, -0.2) is 0 Å². The van der Waals surface area contributed by atoms with E-state index in [-0.39, 0.29) is 28.6 Å². The molecule has 0 saturated heterocycles. The van der Waals surface area contributed by atoms with Crippen molar-refractivity contribution in [2.75, 3.05) is 0 Å². The second-order valence-electron chi connectivity index (χ2n) is 6.39. The quantitative estimate of drug-likeness (QED) is 0.535. The molecule has 146 valence electrons. The van der Waals surface area contributed by atoms with Crippen LogP contribution in [0.2, 0.25) is 0 Å². The van der Waals surface area contributed by atoms with Gasteiger partial charge in [-0.05, 0) is 86.5 Å². The summed E-state index contributed by atoms with van der Waals surface area (Å²) in [6.45, 7) is 2.10. The molecule has 2 saturated carbocycles. The third-order valence-electron chi connectivity index (χ3n) is 4.51. The zero-order valence-electron chi connectivity index (χ0n) is 16.2. The van der Waals surface area contributed by atoms with E-state index in [2.05, 4.69) is 19.8 Å². The predicted molar refractivity (Wildman–Crippen MR) is 111 cm³/mol. The Morgan fingerprint density at radius 1 is 0.621 bits per heavy atom. The summed E-state index contributed by atoms with van der Waals surface area (Å²) < 4.78 is 0. The largest absolute Gasteiger partial charge is 2.00 e. The molecular formula is C26H22FeO2. The Hall–Kier alpha value is -1.70. The van der Waals surface area contributed by atoms with Crippen LogP contribution in [0.5, 0.6) is 11.5 Å². The molecule has 0 aliphatic heterocycles. The van der Waals surface area contributed by atoms with Gasteiger partial charge in [-0.2, -0.15) is 0 Å². The minimum Gasteiger partial charge on any atom is -0.872 e. The molecule has 3 heteroatoms. The molecular weight excluding hydrogens is 400 g/mol. The molecule has 2 aliphatic carbocycles. The molecule has 2 fully saturated rings. The summed E-state index contributed by atoms with van der Waals surface area (Å²) in [5.41, 5.74) is 4.32. The molecule has 0 bridgehead atoms. The maximum absolute atomic E-state index is 11.4. The summed E-state index contributed by atoms with van der Waals surface area (Å²) in [5, 5.41) is 22.8. The Morgan fingerprint density at radius 3 is 1.45 bits per heavy atom. The van der Waals surface area contributed by atoms with Gasteiger partial charge < -0.3 is 10.2 Å². The van der Waals surface area contributed by atoms with Gasteiger partial charge in [0, 0.05) is 5.92 Å². The first-order chi connectivity index (χ1) is 13.7. The van der Waals surface area contributed by atoms with Gasteiger partial charge in [0.15, 0.2) is 0 Å². The van der Waals surface area contributed by atoms with E-state index in [4.69, 9.17) is 0 Å². The first-order valence-electron chi connectivity index (χ1n) is 9.36. The smallest absolute Gasteiger partial charge is 0.872 e. The number of hydrogen-bond acceptors (Lipinski definition) is 2. The van der Waals surface area contributed by atoms with E-state index < -0.39 is 0 Å². The molecule has 0 N–H and O–H groups in total. The van der Waals surface area contributed by atoms with E-state index in [1.54, 1.807) is 24.3 Å². The second-order valence-corrected chi connectivity index (χ2v) is 6.39. The fourth-order valence-electron chi connectivity index (χ4n) is 3.18. The average Bonchev–Trinajstić information content (AvgIpc) is 3.45. The molecule has 0 spiro atoms. The van der Waals surface area contributed by atoms with Crippen LogP contribution in [0.3, 0.4) is 0 Å². The molecule has 2 aromatic rings. The van der Waals surface area contributed by atoms with Crippen LogP contribution in [0.25, 0.3) is 11.1 Å². The van der Waals surface area contributed by atoms with Crippen molar-refractivity contribution >= 4 is 11.1 Å². The Morgan fingerprint density at radius 2 is 1.03 bits per heavy atom. The van der Waals surface area contributed by atoms with Crippen molar-refractivity contribution in [1.29, 1.82) is 0 Å². The second kappa shape index (κ2) is 12.1. The fourth-order valence-corrected chi connectivity index (χ4v) is 3.18. The van der Waals surface area contributed by atoms with Crippen molar-refractivity contribution in [2.45, 2.75) is 13.3 Å². The molecule has 29 heavy (non-hydrogen) atoms. The summed E-state index contributed by atoms with van der Waals surface area (Å²) in [4.78, 5) is 0. The van der Waals surface area contributed by atoms with Crippen molar-refractivity contribution in [3.8, 4) is 11.5 Å². The van der Waals surface area contributed by atoms with Crippen LogP contribution in [0.1, 0.15) is 24.5 Å². The Kier molecular flexibility index (Phi) is 9.84. The summed E-state index contributed by atoms with van der Waals surface area (Å²) in [7, 11) is 0. The zero-order valence-corrected chi connectivity index (χ0v) is 17.3. The van der Waals surface area contributed by atoms with Gasteiger partial charge in [0.05, 0.1) is 0 Å². The van der Waals surface area contributed by atoms with Crippen molar-refractivity contribution in [3.05, 3.63) is 123 Å². The van der Waals surface area contributed by atoms with E-state index in [9.17, 15) is 10.2 Å². The number of benzene rings is 2. The molecule has 2 aliphatic rings. The maximum atomic E-state index is 11.4. The topological polar surface area (TPSA) is 46.1 Å². The molecule has 4 rings (SSSR count). The standard InChI is InChI=1S/C21H19O2.C5H5.Fe/c1-2-20(15-7-11-18(22)12-8-15)21(16-5-3-4-6-16)17-9-13-19(23)14-10-17;1-2-4-5-3-1;/h3-14,22-23H,2H2,1H3;1-5H;/q;;+2/p-2/b21-20+;;. The monoisotopic (exact) mass is 422 g/mol. The number of allylic oxidation sites excluding steroid dienone is 2. The van der Waals surface area contributed by atoms with Crippen LogP contribution in [-0.2, 0) is 17.1 Å². The minimum atomic E-state index is 0. The Bertz CT molecular complexity index is 745. The van der Waals surface area contributed by atoms with Crippen LogP contribution in [0.4, 0.5) is 0 Å². The zero-order chi connectivity index (χ0) is 19.8. The maximum Gasteiger partial charge on any atom is 2.00 e. The normalized spacial score (nSPS) is 17.1. The van der Waals surface area contributed by atoms with E-state index >= 15 is 0 Å². The molecule has 0 amide bonds. The molecule has 2 nitrogen and oxygen atoms in total. The minimum absolute atomic E-state index is 0. The molecule has 0 heterocycles. The Balaban J connectivity index is 0.000000437. The van der Waals surface area contributed by atoms with Crippen LogP contribution in [0, 0.1) is 63.7 Å². The van der Waals surface area contributed by atoms with Crippen molar-refractivity contribution < 1.29 is 27.3 Å². The molecule has 10 radical (unpaired) electrons. The van der Waals surface area contributed by atoms with E-state index in [0.717, 1.165) is 34.6 Å². The molecule has 2 aromatic carbocycles. The number of rotatable bonds is 4. The summed E-state index contributed by atoms with van der Waals surface area (Å²) in [5.74, 6) is 1.13. The van der Waals surface area contributed by atoms with Crippen LogP contribution in [-0.4, -0.2) is 0 Å². The SMILES string of the molecule is CC/C(=C(/[C]1[CH][CH][CH][CH]1)c1ccc([O-])cc1)c1ccc([O-])cc1.[CH]1[CH][CH][CH][CH]1.[Fe+2]. The third-order valence-corrected chi connectivity index (χ3v) is 4.51. The molecule has 0 unspecified atom stereocenters. The Labute approximate surface area is 186 Å². The fraction of sp³-hybridized carbons (Fsp3) is 0.0769. The van der Waals surface area contributed by atoms with E-state index in [1.165, 1.54) is 0 Å². The van der Waals surface area contributed by atoms with E-state index in [1.807, 2.05) is 69.2 Å². The van der Waals surface area contributed by atoms with Gasteiger partial charge in [0.2, 0.25) is 0 Å². The summed E-state index contributed by atoms with van der Waals surface area (Å²) >= 11 is 0. The van der Waals surface area contributed by atoms with Gasteiger partial charge in [0.25, 0.3) is 0 Å². The van der Waals surface area contributed by atoms with Crippen LogP contribution in [0.15, 0.2) is 48.5 Å². The van der Waals surface area contributed by atoms with Crippen molar-refractivity contribution in [2.24, 2.45) is 0 Å². The van der Waals surface area contributed by atoms with E-state index in [0.29, 0.717) is 0 Å². The van der Waals surface area contributed by atoms with Gasteiger partial charge in [0.1, 0.15) is 0 Å². The first-order valence-corrected chi connectivity index (χ1v) is 9.36. The van der Waals surface area contributed by atoms with Crippen LogP contribution < -0.4 is 10.2 Å². The van der Waals surface area contributed by atoms with Gasteiger partial charge in [-0.1, -0.05) is 55.5 Å². The third kappa shape index (κ3) is 6.66. The van der Waals surface area contributed by atoms with Gasteiger partial charge in [-0.3, -0.25) is 0 Å². The predicted octanol–water partition coefficient (Wildman–Crippen LogP) is 4.58. The van der Waals surface area contributed by atoms with Gasteiger partial charge in [-0.15, -0.1) is 11.5 Å². The van der Waals surface area contributed by atoms with Crippen LogP contribution >= 0.6 is 0 Å². The molecule has 0 atom stereocenters. The average molecular weight is 422 g/mol. The molecule has 0 aromatic heterocycles. The van der Waals surface area contributed by atoms with Gasteiger partial charge >= 0.3 is 17.1 Å². The van der Waals surface area contributed by atoms with Crippen molar-refractivity contribution in [3.63, 3.8) is 0 Å². The first kappa shape index (κ1) is 23.6.